The Labute approximate surface area is 81.2 Å². The Kier molecular flexibility index (Phi) is 3.37. The zero-order valence-electron chi connectivity index (χ0n) is 7.27. The molecule has 0 bridgehead atoms. The highest BCUT2D eigenvalue weighted by Gasteiger charge is 2.07. The normalized spacial score (nSPS) is 11.3. The van der Waals surface area contributed by atoms with E-state index >= 15 is 0 Å². The summed E-state index contributed by atoms with van der Waals surface area (Å²) in [6.07, 6.45) is 1.12. The fourth-order valence-corrected chi connectivity index (χ4v) is 1.29. The molecule has 5 nitrogen and oxygen atoms in total. The molecule has 0 aliphatic rings. The average molecular weight is 219 g/mol. The van der Waals surface area contributed by atoms with Gasteiger partial charge in [0.25, 0.3) is 0 Å². The van der Waals surface area contributed by atoms with Crippen LogP contribution in [0.15, 0.2) is 23.2 Å². The Morgan fingerprint density at radius 2 is 2.21 bits per heavy atom. The van der Waals surface area contributed by atoms with Gasteiger partial charge in [-0.15, -0.1) is 0 Å². The molecule has 0 saturated carbocycles. The predicted molar refractivity (Wildman–Crippen MR) is 50.1 cm³/mol. The van der Waals surface area contributed by atoms with Crippen molar-refractivity contribution in [2.24, 2.45) is 5.14 Å². The number of hydrogen-bond acceptors (Lipinski definition) is 4. The van der Waals surface area contributed by atoms with Gasteiger partial charge in [0, 0.05) is 12.7 Å². The lowest BCUT2D eigenvalue weighted by molar-refractivity contribution is 0.512. The molecule has 0 aliphatic carbocycles. The van der Waals surface area contributed by atoms with Crippen LogP contribution in [-0.2, 0) is 10.0 Å². The summed E-state index contributed by atoms with van der Waals surface area (Å²) in [5.74, 6) is 0.412. The van der Waals surface area contributed by atoms with Gasteiger partial charge in [0.05, 0.1) is 0 Å². The fraction of sp³-hybridized carbons (Fsp3) is 0.286. The lowest BCUT2D eigenvalue weighted by Gasteiger charge is -2.02. The summed E-state index contributed by atoms with van der Waals surface area (Å²) in [5.41, 5.74) is 0. The summed E-state index contributed by atoms with van der Waals surface area (Å²) < 4.78 is 33.4. The predicted octanol–water partition coefficient (Wildman–Crippen LogP) is 0.110. The second-order valence-corrected chi connectivity index (χ2v) is 4.10. The third-order valence-electron chi connectivity index (χ3n) is 1.47. The Balaban J connectivity index is 2.79. The van der Waals surface area contributed by atoms with Gasteiger partial charge in [-0.05, 0) is 12.1 Å². The average Bonchev–Trinajstić information content (AvgIpc) is 2.14. The molecule has 78 valence electrons. The molecule has 0 fully saturated rings. The number of rotatable bonds is 4. The fourth-order valence-electron chi connectivity index (χ4n) is 0.828. The van der Waals surface area contributed by atoms with Crippen LogP contribution >= 0.6 is 0 Å². The molecule has 0 saturated heterocycles. The zero-order valence-corrected chi connectivity index (χ0v) is 8.09. The van der Waals surface area contributed by atoms with E-state index in [1.165, 1.54) is 12.1 Å². The molecule has 1 heterocycles. The molecule has 7 heteroatoms. The van der Waals surface area contributed by atoms with E-state index in [4.69, 9.17) is 5.14 Å². The lowest BCUT2D eigenvalue weighted by atomic mass is 10.4. The maximum absolute atomic E-state index is 11.7. The monoisotopic (exact) mass is 219 g/mol. The largest absolute Gasteiger partial charge is 0.367 e. The van der Waals surface area contributed by atoms with Gasteiger partial charge in [0.1, 0.15) is 17.4 Å². The van der Waals surface area contributed by atoms with Crippen molar-refractivity contribution in [2.45, 2.75) is 4.90 Å². The van der Waals surface area contributed by atoms with E-state index < -0.39 is 16.7 Å². The van der Waals surface area contributed by atoms with Crippen LogP contribution in [-0.4, -0.2) is 26.6 Å². The van der Waals surface area contributed by atoms with Crippen LogP contribution in [0.4, 0.5) is 10.2 Å². The Bertz CT molecular complexity index is 390. The first-order chi connectivity index (χ1) is 6.54. The smallest absolute Gasteiger partial charge is 0.239 e. The number of nitrogens with one attached hydrogen (secondary N) is 1. The summed E-state index contributed by atoms with van der Waals surface area (Å²) in [7, 11) is -3.70. The molecular formula is C7H10FN3O2S. The molecule has 1 aromatic heterocycles. The van der Waals surface area contributed by atoms with E-state index in [9.17, 15) is 12.8 Å². The maximum atomic E-state index is 11.7. The van der Waals surface area contributed by atoms with Gasteiger partial charge in [-0.2, -0.15) is 0 Å². The summed E-state index contributed by atoms with van der Waals surface area (Å²) in [5, 5.41) is 7.51. The van der Waals surface area contributed by atoms with Crippen LogP contribution in [0.1, 0.15) is 0 Å². The number of anilines is 1. The van der Waals surface area contributed by atoms with Crippen LogP contribution in [0.2, 0.25) is 0 Å². The van der Waals surface area contributed by atoms with Crippen molar-refractivity contribution in [1.82, 2.24) is 4.98 Å². The second kappa shape index (κ2) is 4.34. The number of alkyl halides is 1. The summed E-state index contributed by atoms with van der Waals surface area (Å²) in [6.45, 7) is -0.375. The highest BCUT2D eigenvalue weighted by molar-refractivity contribution is 7.89. The molecule has 0 atom stereocenters. The molecule has 0 unspecified atom stereocenters. The van der Waals surface area contributed by atoms with E-state index in [1.807, 2.05) is 0 Å². The minimum absolute atomic E-state index is 0.0664. The SMILES string of the molecule is NS(=O)(=O)c1ccc(NCCF)nc1. The van der Waals surface area contributed by atoms with Gasteiger partial charge in [-0.1, -0.05) is 0 Å². The number of nitrogens with two attached hydrogens (primary N) is 1. The zero-order chi connectivity index (χ0) is 10.6. The van der Waals surface area contributed by atoms with Crippen molar-refractivity contribution in [3.05, 3.63) is 18.3 Å². The standard InChI is InChI=1S/C7H10FN3O2S/c8-3-4-10-7-2-1-6(5-11-7)14(9,12)13/h1-2,5H,3-4H2,(H,10,11)(H2,9,12,13). The first-order valence-electron chi connectivity index (χ1n) is 3.83. The quantitative estimate of drug-likeness (QED) is 0.752. The van der Waals surface area contributed by atoms with E-state index in [-0.39, 0.29) is 11.4 Å². The van der Waals surface area contributed by atoms with Crippen LogP contribution < -0.4 is 10.5 Å². The highest BCUT2D eigenvalue weighted by Crippen LogP contribution is 2.08. The third kappa shape index (κ3) is 2.93. The van der Waals surface area contributed by atoms with Crippen LogP contribution in [0.3, 0.4) is 0 Å². The molecule has 1 rings (SSSR count). The lowest BCUT2D eigenvalue weighted by Crippen LogP contribution is -2.13. The van der Waals surface area contributed by atoms with Crippen molar-refractivity contribution < 1.29 is 12.8 Å². The number of primary sulfonamides is 1. The van der Waals surface area contributed by atoms with Crippen molar-refractivity contribution >= 4 is 15.8 Å². The van der Waals surface area contributed by atoms with Gasteiger partial charge in [-0.3, -0.25) is 0 Å². The summed E-state index contributed by atoms with van der Waals surface area (Å²) >= 11 is 0. The van der Waals surface area contributed by atoms with Crippen molar-refractivity contribution in [3.8, 4) is 0 Å². The van der Waals surface area contributed by atoms with E-state index in [1.54, 1.807) is 0 Å². The first-order valence-corrected chi connectivity index (χ1v) is 5.37. The van der Waals surface area contributed by atoms with Crippen LogP contribution in [0.25, 0.3) is 0 Å². The molecule has 1 aromatic rings. The molecule has 0 aliphatic heterocycles. The maximum Gasteiger partial charge on any atom is 0.239 e. The minimum atomic E-state index is -3.70. The van der Waals surface area contributed by atoms with Gasteiger partial charge < -0.3 is 5.32 Å². The summed E-state index contributed by atoms with van der Waals surface area (Å²) in [6, 6.07) is 2.73. The molecule has 0 radical (unpaired) electrons. The number of pyridine rings is 1. The molecular weight excluding hydrogens is 209 g/mol. The Morgan fingerprint density at radius 1 is 1.50 bits per heavy atom. The van der Waals surface area contributed by atoms with Gasteiger partial charge >= 0.3 is 0 Å². The minimum Gasteiger partial charge on any atom is -0.367 e. The number of aromatic nitrogens is 1. The van der Waals surface area contributed by atoms with Gasteiger partial charge in [0.2, 0.25) is 10.0 Å². The Hall–Kier alpha value is -1.21. The van der Waals surface area contributed by atoms with Crippen molar-refractivity contribution in [2.75, 3.05) is 18.5 Å². The number of halogens is 1. The molecule has 0 aromatic carbocycles. The topological polar surface area (TPSA) is 85.1 Å². The van der Waals surface area contributed by atoms with Crippen molar-refractivity contribution in [3.63, 3.8) is 0 Å². The molecule has 3 N–H and O–H groups in total. The second-order valence-electron chi connectivity index (χ2n) is 2.54. The van der Waals surface area contributed by atoms with E-state index in [0.717, 1.165) is 6.20 Å². The van der Waals surface area contributed by atoms with Crippen LogP contribution in [0, 0.1) is 0 Å². The number of hydrogen-bond donors (Lipinski definition) is 2. The van der Waals surface area contributed by atoms with Crippen LogP contribution in [0.5, 0.6) is 0 Å². The van der Waals surface area contributed by atoms with Crippen molar-refractivity contribution in [1.29, 1.82) is 0 Å². The van der Waals surface area contributed by atoms with Gasteiger partial charge in [0.15, 0.2) is 0 Å². The number of nitrogens with zero attached hydrogens (tertiary/aromatic N) is 1. The highest BCUT2D eigenvalue weighted by atomic mass is 32.2. The van der Waals surface area contributed by atoms with Gasteiger partial charge in [-0.25, -0.2) is 22.9 Å². The number of sulfonamides is 1. The van der Waals surface area contributed by atoms with E-state index in [2.05, 4.69) is 10.3 Å². The molecule has 14 heavy (non-hydrogen) atoms. The molecule has 0 amide bonds. The van der Waals surface area contributed by atoms with E-state index in [0.29, 0.717) is 5.82 Å². The molecule has 0 spiro atoms. The summed E-state index contributed by atoms with van der Waals surface area (Å²) in [4.78, 5) is 3.68. The first kappa shape index (κ1) is 10.9. The Morgan fingerprint density at radius 3 is 2.64 bits per heavy atom. The third-order valence-corrected chi connectivity index (χ3v) is 2.36.